The number of sulfonamides is 1. The number of hydrogen-bond donors (Lipinski definition) is 2. The Balaban J connectivity index is 1.60. The lowest BCUT2D eigenvalue weighted by Gasteiger charge is -2.08. The molecule has 3 rings (SSSR count). The van der Waals surface area contributed by atoms with E-state index in [1.54, 1.807) is 16.7 Å². The van der Waals surface area contributed by atoms with Gasteiger partial charge in [-0.2, -0.15) is 0 Å². The minimum absolute atomic E-state index is 0.185. The Hall–Kier alpha value is -2.58. The van der Waals surface area contributed by atoms with Gasteiger partial charge in [-0.3, -0.25) is 4.57 Å². The van der Waals surface area contributed by atoms with Gasteiger partial charge >= 0.3 is 5.69 Å². The molecule has 0 spiro atoms. The Bertz CT molecular complexity index is 1040. The Morgan fingerprint density at radius 1 is 1.12 bits per heavy atom. The molecule has 0 fully saturated rings. The average molecular weight is 375 g/mol. The van der Waals surface area contributed by atoms with Crippen LogP contribution in [0.15, 0.2) is 58.2 Å². The van der Waals surface area contributed by atoms with Gasteiger partial charge in [0, 0.05) is 13.1 Å². The zero-order chi connectivity index (χ0) is 18.6. The molecule has 8 heteroatoms. The number of H-pyrrole nitrogens is 1. The van der Waals surface area contributed by atoms with Crippen LogP contribution < -0.4 is 15.1 Å². The van der Waals surface area contributed by atoms with Crippen LogP contribution in [0.1, 0.15) is 13.3 Å². The molecule has 0 unspecified atom stereocenters. The highest BCUT2D eigenvalue weighted by atomic mass is 32.2. The number of nitrogens with one attached hydrogen (secondary N) is 2. The third-order valence-electron chi connectivity index (χ3n) is 3.98. The molecule has 0 bridgehead atoms. The highest BCUT2D eigenvalue weighted by Gasteiger charge is 2.13. The summed E-state index contributed by atoms with van der Waals surface area (Å²) in [6.07, 6.45) is 0.498. The number of rotatable bonds is 8. The van der Waals surface area contributed by atoms with Crippen LogP contribution in [-0.4, -0.2) is 31.1 Å². The lowest BCUT2D eigenvalue weighted by atomic mass is 10.3. The van der Waals surface area contributed by atoms with E-state index < -0.39 is 10.0 Å². The maximum absolute atomic E-state index is 12.3. The SMILES string of the molecule is CCOc1ccc(S(=O)(=O)NCCCn2c(=O)[nH]c3ccccc32)cc1. The summed E-state index contributed by atoms with van der Waals surface area (Å²) in [6.45, 7) is 3.05. The summed E-state index contributed by atoms with van der Waals surface area (Å²) in [4.78, 5) is 15.0. The minimum atomic E-state index is -3.59. The van der Waals surface area contributed by atoms with Crippen molar-refractivity contribution < 1.29 is 13.2 Å². The number of aromatic amines is 1. The van der Waals surface area contributed by atoms with E-state index in [0.717, 1.165) is 11.0 Å². The quantitative estimate of drug-likeness (QED) is 0.590. The smallest absolute Gasteiger partial charge is 0.326 e. The van der Waals surface area contributed by atoms with Crippen molar-refractivity contribution in [1.82, 2.24) is 14.3 Å². The van der Waals surface area contributed by atoms with Crippen molar-refractivity contribution in [2.24, 2.45) is 0 Å². The normalized spacial score (nSPS) is 11.7. The summed E-state index contributed by atoms with van der Waals surface area (Å²) in [6, 6.07) is 13.7. The second-order valence-electron chi connectivity index (χ2n) is 5.75. The van der Waals surface area contributed by atoms with Gasteiger partial charge in [0.2, 0.25) is 10.0 Å². The van der Waals surface area contributed by atoms with Crippen LogP contribution in [0.25, 0.3) is 11.0 Å². The average Bonchev–Trinajstić information content (AvgIpc) is 2.95. The zero-order valence-corrected chi connectivity index (χ0v) is 15.3. The third-order valence-corrected chi connectivity index (χ3v) is 5.45. The molecule has 3 aromatic rings. The van der Waals surface area contributed by atoms with E-state index in [-0.39, 0.29) is 17.1 Å². The number of aromatic nitrogens is 2. The van der Waals surface area contributed by atoms with Crippen LogP contribution in [0.5, 0.6) is 5.75 Å². The van der Waals surface area contributed by atoms with E-state index in [4.69, 9.17) is 4.74 Å². The van der Waals surface area contributed by atoms with Crippen LogP contribution in [0, 0.1) is 0 Å². The van der Waals surface area contributed by atoms with Crippen molar-refractivity contribution in [1.29, 1.82) is 0 Å². The molecule has 0 aliphatic carbocycles. The molecule has 0 amide bonds. The number of ether oxygens (including phenoxy) is 1. The van der Waals surface area contributed by atoms with E-state index in [0.29, 0.717) is 25.3 Å². The number of aryl methyl sites for hydroxylation is 1. The monoisotopic (exact) mass is 375 g/mol. The first-order valence-corrected chi connectivity index (χ1v) is 9.89. The third kappa shape index (κ3) is 3.97. The summed E-state index contributed by atoms with van der Waals surface area (Å²) in [5, 5.41) is 0. The molecule has 1 aromatic heterocycles. The maximum Gasteiger partial charge on any atom is 0.326 e. The molecule has 7 nitrogen and oxygen atoms in total. The van der Waals surface area contributed by atoms with Gasteiger partial charge in [-0.25, -0.2) is 17.9 Å². The van der Waals surface area contributed by atoms with Crippen LogP contribution in [0.4, 0.5) is 0 Å². The standard InChI is InChI=1S/C18H21N3O4S/c1-2-25-14-8-10-15(11-9-14)26(23,24)19-12-5-13-21-17-7-4-3-6-16(17)20-18(21)22/h3-4,6-11,19H,2,5,12-13H2,1H3,(H,20,22). The van der Waals surface area contributed by atoms with E-state index in [9.17, 15) is 13.2 Å². The van der Waals surface area contributed by atoms with E-state index in [1.165, 1.54) is 12.1 Å². The summed E-state index contributed by atoms with van der Waals surface area (Å²) in [7, 11) is -3.59. The Morgan fingerprint density at radius 2 is 1.85 bits per heavy atom. The number of nitrogens with zero attached hydrogens (tertiary/aromatic N) is 1. The number of hydrogen-bond acceptors (Lipinski definition) is 4. The molecule has 138 valence electrons. The number of para-hydroxylation sites is 2. The van der Waals surface area contributed by atoms with Crippen molar-refractivity contribution in [3.05, 3.63) is 59.0 Å². The highest BCUT2D eigenvalue weighted by Crippen LogP contribution is 2.16. The molecule has 0 aliphatic heterocycles. The Morgan fingerprint density at radius 3 is 2.58 bits per heavy atom. The second-order valence-corrected chi connectivity index (χ2v) is 7.52. The maximum atomic E-state index is 12.3. The van der Waals surface area contributed by atoms with Gasteiger partial charge in [0.1, 0.15) is 5.75 Å². The van der Waals surface area contributed by atoms with Gasteiger partial charge in [0.15, 0.2) is 0 Å². The second kappa shape index (κ2) is 7.76. The minimum Gasteiger partial charge on any atom is -0.494 e. The van der Waals surface area contributed by atoms with E-state index in [1.807, 2.05) is 31.2 Å². The Kier molecular flexibility index (Phi) is 5.43. The zero-order valence-electron chi connectivity index (χ0n) is 14.4. The van der Waals surface area contributed by atoms with E-state index >= 15 is 0 Å². The largest absolute Gasteiger partial charge is 0.494 e. The lowest BCUT2D eigenvalue weighted by molar-refractivity contribution is 0.340. The van der Waals surface area contributed by atoms with Crippen LogP contribution in [0.2, 0.25) is 0 Å². The predicted molar refractivity (Wildman–Crippen MR) is 100.0 cm³/mol. The molecular formula is C18H21N3O4S. The van der Waals surface area contributed by atoms with Gasteiger partial charge < -0.3 is 9.72 Å². The molecule has 0 atom stereocenters. The van der Waals surface area contributed by atoms with Crippen molar-refractivity contribution in [3.63, 3.8) is 0 Å². The van der Waals surface area contributed by atoms with Crippen molar-refractivity contribution >= 4 is 21.1 Å². The summed E-state index contributed by atoms with van der Waals surface area (Å²) < 4.78 is 34.1. The predicted octanol–water partition coefficient (Wildman–Crippen LogP) is 2.10. The topological polar surface area (TPSA) is 93.2 Å². The molecule has 2 N–H and O–H groups in total. The molecule has 1 heterocycles. The molecule has 0 saturated heterocycles. The van der Waals surface area contributed by atoms with Crippen molar-refractivity contribution in [2.45, 2.75) is 24.8 Å². The fourth-order valence-electron chi connectivity index (χ4n) is 2.74. The van der Waals surface area contributed by atoms with Gasteiger partial charge in [0.05, 0.1) is 22.5 Å². The number of benzene rings is 2. The first-order chi connectivity index (χ1) is 12.5. The molecule has 0 saturated carbocycles. The Labute approximate surface area is 151 Å². The number of fused-ring (bicyclic) bond motifs is 1. The lowest BCUT2D eigenvalue weighted by Crippen LogP contribution is -2.26. The fraction of sp³-hybridized carbons (Fsp3) is 0.278. The van der Waals surface area contributed by atoms with Gasteiger partial charge in [-0.05, 0) is 49.7 Å². The fourth-order valence-corrected chi connectivity index (χ4v) is 3.81. The molecule has 2 aromatic carbocycles. The first kappa shape index (κ1) is 18.2. The van der Waals surface area contributed by atoms with Gasteiger partial charge in [-0.1, -0.05) is 12.1 Å². The van der Waals surface area contributed by atoms with Crippen LogP contribution in [0.3, 0.4) is 0 Å². The van der Waals surface area contributed by atoms with Gasteiger partial charge in [0.25, 0.3) is 0 Å². The van der Waals surface area contributed by atoms with Gasteiger partial charge in [-0.15, -0.1) is 0 Å². The number of imidazole rings is 1. The molecule has 26 heavy (non-hydrogen) atoms. The van der Waals surface area contributed by atoms with Crippen LogP contribution in [-0.2, 0) is 16.6 Å². The van der Waals surface area contributed by atoms with Crippen molar-refractivity contribution in [2.75, 3.05) is 13.2 Å². The summed E-state index contributed by atoms with van der Waals surface area (Å²) >= 11 is 0. The highest BCUT2D eigenvalue weighted by molar-refractivity contribution is 7.89. The van der Waals surface area contributed by atoms with Crippen LogP contribution >= 0.6 is 0 Å². The summed E-state index contributed by atoms with van der Waals surface area (Å²) in [5.74, 6) is 0.630. The molecule has 0 aliphatic rings. The first-order valence-electron chi connectivity index (χ1n) is 8.41. The molecular weight excluding hydrogens is 354 g/mol. The van der Waals surface area contributed by atoms with E-state index in [2.05, 4.69) is 9.71 Å². The molecule has 0 radical (unpaired) electrons. The van der Waals surface area contributed by atoms with Crippen molar-refractivity contribution in [3.8, 4) is 5.75 Å². The summed E-state index contributed by atoms with van der Waals surface area (Å²) in [5.41, 5.74) is 1.39.